The van der Waals surface area contributed by atoms with Crippen LogP contribution in [0.1, 0.15) is 431 Å². The molecule has 0 saturated heterocycles. The minimum absolute atomic E-state index is 0.00288. The SMILES string of the molecule is CCC/C=C\C/C=C\CCCCCCCC(=O)OCCCCCCCCCCCCCC/C=C\CCCCCCCCCCCCCCCCCCC(=O)NC(CO)C(O)/C=C/CCCCCCCCCCCCCCCCCCCCCCCCC. The lowest BCUT2D eigenvalue weighted by Crippen LogP contribution is -2.45. The van der Waals surface area contributed by atoms with Gasteiger partial charge in [0, 0.05) is 12.8 Å². The fourth-order valence-corrected chi connectivity index (χ4v) is 12.3. The molecular formula is C81H153NO5. The van der Waals surface area contributed by atoms with E-state index >= 15 is 0 Å². The van der Waals surface area contributed by atoms with Crippen LogP contribution < -0.4 is 5.32 Å². The van der Waals surface area contributed by atoms with Gasteiger partial charge in [0.25, 0.3) is 0 Å². The number of hydrogen-bond acceptors (Lipinski definition) is 5. The van der Waals surface area contributed by atoms with Crippen LogP contribution >= 0.6 is 0 Å². The molecule has 1 amide bonds. The van der Waals surface area contributed by atoms with Crippen LogP contribution in [0.25, 0.3) is 0 Å². The summed E-state index contributed by atoms with van der Waals surface area (Å²) < 4.78 is 5.48. The fraction of sp³-hybridized carbons (Fsp3) is 0.877. The predicted molar refractivity (Wildman–Crippen MR) is 384 cm³/mol. The Morgan fingerprint density at radius 2 is 0.598 bits per heavy atom. The Bertz CT molecular complexity index is 1450. The highest BCUT2D eigenvalue weighted by Gasteiger charge is 2.18. The fourth-order valence-electron chi connectivity index (χ4n) is 12.3. The zero-order valence-electron chi connectivity index (χ0n) is 58.8. The number of aliphatic hydroxyl groups is 2. The van der Waals surface area contributed by atoms with Crippen molar-refractivity contribution in [2.24, 2.45) is 0 Å². The Kier molecular flexibility index (Phi) is 74.4. The average molecular weight is 1220 g/mol. The molecule has 0 aliphatic rings. The molecule has 2 atom stereocenters. The highest BCUT2D eigenvalue weighted by molar-refractivity contribution is 5.76. The molecule has 0 aromatic carbocycles. The first kappa shape index (κ1) is 84.8. The van der Waals surface area contributed by atoms with E-state index in [4.69, 9.17) is 4.74 Å². The van der Waals surface area contributed by atoms with Crippen molar-refractivity contribution >= 4 is 11.9 Å². The molecule has 6 heteroatoms. The van der Waals surface area contributed by atoms with Crippen LogP contribution in [0.2, 0.25) is 0 Å². The summed E-state index contributed by atoms with van der Waals surface area (Å²) in [4.78, 5) is 24.6. The van der Waals surface area contributed by atoms with Crippen molar-refractivity contribution in [2.75, 3.05) is 13.2 Å². The molecule has 6 nitrogen and oxygen atoms in total. The molecule has 512 valence electrons. The molecule has 0 aliphatic carbocycles. The maximum atomic E-state index is 12.6. The van der Waals surface area contributed by atoms with Gasteiger partial charge in [0.05, 0.1) is 25.4 Å². The number of nitrogens with one attached hydrogen (secondary N) is 1. The van der Waals surface area contributed by atoms with Gasteiger partial charge in [0.15, 0.2) is 0 Å². The van der Waals surface area contributed by atoms with Crippen molar-refractivity contribution in [3.05, 3.63) is 48.6 Å². The Balaban J connectivity index is 3.39. The molecule has 0 radical (unpaired) electrons. The van der Waals surface area contributed by atoms with E-state index in [0.29, 0.717) is 19.4 Å². The zero-order valence-corrected chi connectivity index (χ0v) is 58.8. The normalized spacial score (nSPS) is 12.7. The number of rotatable bonds is 74. The van der Waals surface area contributed by atoms with Gasteiger partial charge in [-0.1, -0.05) is 383 Å². The van der Waals surface area contributed by atoms with Crippen LogP contribution in [0.5, 0.6) is 0 Å². The van der Waals surface area contributed by atoms with E-state index in [2.05, 4.69) is 55.6 Å². The van der Waals surface area contributed by atoms with E-state index in [1.54, 1.807) is 6.08 Å². The summed E-state index contributed by atoms with van der Waals surface area (Å²) in [6.07, 6.45) is 101. The van der Waals surface area contributed by atoms with E-state index in [0.717, 1.165) is 51.4 Å². The molecule has 0 saturated carbocycles. The largest absolute Gasteiger partial charge is 0.466 e. The summed E-state index contributed by atoms with van der Waals surface area (Å²) in [5, 5.41) is 23.3. The van der Waals surface area contributed by atoms with E-state index in [1.807, 2.05) is 6.08 Å². The maximum Gasteiger partial charge on any atom is 0.305 e. The van der Waals surface area contributed by atoms with Gasteiger partial charge in [-0.15, -0.1) is 0 Å². The Labute approximate surface area is 544 Å². The van der Waals surface area contributed by atoms with Crippen molar-refractivity contribution in [3.8, 4) is 0 Å². The van der Waals surface area contributed by atoms with Crippen molar-refractivity contribution in [2.45, 2.75) is 443 Å². The first-order valence-corrected chi connectivity index (χ1v) is 39.4. The Morgan fingerprint density at radius 3 is 0.931 bits per heavy atom. The molecule has 0 bridgehead atoms. The average Bonchev–Trinajstić information content (AvgIpc) is 3.54. The van der Waals surface area contributed by atoms with Gasteiger partial charge >= 0.3 is 5.97 Å². The van der Waals surface area contributed by atoms with Crippen LogP contribution in [0.15, 0.2) is 48.6 Å². The zero-order chi connectivity index (χ0) is 62.8. The topological polar surface area (TPSA) is 95.9 Å². The van der Waals surface area contributed by atoms with Crippen molar-refractivity contribution in [1.29, 1.82) is 0 Å². The monoisotopic (exact) mass is 1220 g/mol. The smallest absolute Gasteiger partial charge is 0.305 e. The van der Waals surface area contributed by atoms with E-state index in [-0.39, 0.29) is 18.5 Å². The molecule has 3 N–H and O–H groups in total. The number of esters is 1. The quantitative estimate of drug-likeness (QED) is 0.0320. The second-order valence-corrected chi connectivity index (χ2v) is 27.0. The first-order valence-electron chi connectivity index (χ1n) is 39.4. The lowest BCUT2D eigenvalue weighted by Gasteiger charge is -2.20. The van der Waals surface area contributed by atoms with Crippen molar-refractivity contribution in [1.82, 2.24) is 5.32 Å². The van der Waals surface area contributed by atoms with E-state index < -0.39 is 12.1 Å². The van der Waals surface area contributed by atoms with E-state index in [9.17, 15) is 19.8 Å². The minimum atomic E-state index is -0.845. The molecular weight excluding hydrogens is 1070 g/mol. The predicted octanol–water partition coefficient (Wildman–Crippen LogP) is 26.0. The van der Waals surface area contributed by atoms with Gasteiger partial charge in [-0.25, -0.2) is 0 Å². The molecule has 0 fully saturated rings. The molecule has 87 heavy (non-hydrogen) atoms. The third-order valence-corrected chi connectivity index (χ3v) is 18.3. The summed E-state index contributed by atoms with van der Waals surface area (Å²) in [6.45, 7) is 4.88. The second kappa shape index (κ2) is 76.3. The van der Waals surface area contributed by atoms with Gasteiger partial charge < -0.3 is 20.3 Å². The van der Waals surface area contributed by atoms with Crippen molar-refractivity contribution < 1.29 is 24.5 Å². The number of ether oxygens (including phenoxy) is 1. The number of aliphatic hydroxyl groups excluding tert-OH is 2. The third-order valence-electron chi connectivity index (χ3n) is 18.3. The Morgan fingerprint density at radius 1 is 0.322 bits per heavy atom. The molecule has 0 aliphatic heterocycles. The van der Waals surface area contributed by atoms with Gasteiger partial charge in [0.2, 0.25) is 5.91 Å². The molecule has 0 rings (SSSR count). The highest BCUT2D eigenvalue weighted by atomic mass is 16.5. The summed E-state index contributed by atoms with van der Waals surface area (Å²) in [6, 6.07) is -0.628. The molecule has 0 spiro atoms. The number of carbonyl (C=O) groups excluding carboxylic acids is 2. The van der Waals surface area contributed by atoms with E-state index in [1.165, 1.54) is 353 Å². The standard InChI is InChI=1S/C81H153NO5/c1-3-5-7-9-11-13-15-17-18-19-20-21-22-31-34-37-40-43-46-50-53-57-61-65-69-73-79(84)78(77-83)82-80(85)74-70-66-62-58-54-51-47-44-41-38-35-32-29-27-25-23-24-26-28-30-33-36-39-42-45-48-52-56-60-64-68-72-76-87-81(86)75-71-67-63-59-55-49-16-14-12-10-8-6-4-2/h8,10,14,16,26,28,69,73,78-79,83-84H,3-7,9,11-13,15,17-25,27,29-68,70-72,74-77H2,1-2H3,(H,82,85)/b10-8-,16-14-,28-26-,73-69+. The van der Waals surface area contributed by atoms with Gasteiger partial charge in [0.1, 0.15) is 0 Å². The number of unbranched alkanes of at least 4 members (excludes halogenated alkanes) is 57. The molecule has 0 heterocycles. The van der Waals surface area contributed by atoms with Gasteiger partial charge in [-0.05, 0) is 83.5 Å². The van der Waals surface area contributed by atoms with Crippen LogP contribution in [-0.2, 0) is 14.3 Å². The summed E-state index contributed by atoms with van der Waals surface area (Å²) in [5.41, 5.74) is 0. The summed E-state index contributed by atoms with van der Waals surface area (Å²) in [5.74, 6) is -0.0578. The highest BCUT2D eigenvalue weighted by Crippen LogP contribution is 2.19. The van der Waals surface area contributed by atoms with Gasteiger partial charge in [-0.2, -0.15) is 0 Å². The Hall–Kier alpha value is -2.18. The molecule has 2 unspecified atom stereocenters. The summed E-state index contributed by atoms with van der Waals surface area (Å²) >= 11 is 0. The molecule has 0 aromatic rings. The van der Waals surface area contributed by atoms with Crippen molar-refractivity contribution in [3.63, 3.8) is 0 Å². The van der Waals surface area contributed by atoms with Crippen LogP contribution in [0.3, 0.4) is 0 Å². The number of hydrogen-bond donors (Lipinski definition) is 3. The second-order valence-electron chi connectivity index (χ2n) is 27.0. The first-order chi connectivity index (χ1) is 43.0. The minimum Gasteiger partial charge on any atom is -0.466 e. The summed E-state index contributed by atoms with van der Waals surface area (Å²) in [7, 11) is 0. The maximum absolute atomic E-state index is 12.6. The van der Waals surface area contributed by atoms with Crippen LogP contribution in [0, 0.1) is 0 Å². The number of carbonyl (C=O) groups is 2. The third kappa shape index (κ3) is 72.8. The number of amides is 1. The lowest BCUT2D eigenvalue weighted by molar-refractivity contribution is -0.143. The molecule has 0 aromatic heterocycles. The number of allylic oxidation sites excluding steroid dienone is 7. The van der Waals surface area contributed by atoms with Crippen LogP contribution in [0.4, 0.5) is 0 Å². The lowest BCUT2D eigenvalue weighted by atomic mass is 10.0. The van der Waals surface area contributed by atoms with Gasteiger partial charge in [-0.3, -0.25) is 9.59 Å². The van der Waals surface area contributed by atoms with Crippen LogP contribution in [-0.4, -0.2) is 47.4 Å².